The van der Waals surface area contributed by atoms with Gasteiger partial charge >= 0.3 is 0 Å². The van der Waals surface area contributed by atoms with Crippen LogP contribution < -0.4 is 5.32 Å². The van der Waals surface area contributed by atoms with Crippen molar-refractivity contribution in [3.8, 4) is 0 Å². The molecule has 0 atom stereocenters. The van der Waals surface area contributed by atoms with Gasteiger partial charge in [0, 0.05) is 18.7 Å². The zero-order valence-electron chi connectivity index (χ0n) is 11.1. The summed E-state index contributed by atoms with van der Waals surface area (Å²) in [4.78, 5) is 11.7. The first-order valence-electron chi connectivity index (χ1n) is 5.74. The van der Waals surface area contributed by atoms with Gasteiger partial charge in [0.1, 0.15) is 5.15 Å². The number of nitrogens with zero attached hydrogens (tertiary/aromatic N) is 2. The van der Waals surface area contributed by atoms with Crippen LogP contribution in [0, 0.1) is 6.92 Å². The van der Waals surface area contributed by atoms with Crippen LogP contribution in [-0.2, 0) is 11.8 Å². The number of aryl methyl sites for hydroxylation is 2. The van der Waals surface area contributed by atoms with Crippen LogP contribution in [0.5, 0.6) is 0 Å². The van der Waals surface area contributed by atoms with Gasteiger partial charge in [-0.25, -0.2) is 0 Å². The Bertz CT molecular complexity index is 493. The molecule has 0 saturated carbocycles. The Hall–Kier alpha value is -1.37. The van der Waals surface area contributed by atoms with E-state index in [9.17, 15) is 4.79 Å². The van der Waals surface area contributed by atoms with Crippen molar-refractivity contribution in [2.75, 3.05) is 13.2 Å². The summed E-state index contributed by atoms with van der Waals surface area (Å²) < 4.78 is 1.51. The Morgan fingerprint density at radius 1 is 1.53 bits per heavy atom. The third-order valence-electron chi connectivity index (χ3n) is 2.72. The molecule has 19 heavy (non-hydrogen) atoms. The van der Waals surface area contributed by atoms with Crippen LogP contribution in [0.25, 0.3) is 6.08 Å². The second-order valence-electron chi connectivity index (χ2n) is 4.61. The lowest BCUT2D eigenvalue weighted by atomic mass is 10.1. The van der Waals surface area contributed by atoms with Crippen molar-refractivity contribution in [3.63, 3.8) is 0 Å². The van der Waals surface area contributed by atoms with E-state index in [1.165, 1.54) is 10.8 Å². The van der Waals surface area contributed by atoms with Crippen molar-refractivity contribution < 1.29 is 15.0 Å². The van der Waals surface area contributed by atoms with Crippen molar-refractivity contribution >= 4 is 23.6 Å². The van der Waals surface area contributed by atoms with E-state index in [1.807, 2.05) is 0 Å². The average Bonchev–Trinajstić information content (AvgIpc) is 2.61. The Kier molecular flexibility index (Phi) is 5.11. The highest BCUT2D eigenvalue weighted by molar-refractivity contribution is 6.31. The molecule has 0 unspecified atom stereocenters. The summed E-state index contributed by atoms with van der Waals surface area (Å²) in [6.07, 6.45) is 2.84. The fourth-order valence-corrected chi connectivity index (χ4v) is 1.70. The molecule has 1 rings (SSSR count). The van der Waals surface area contributed by atoms with Gasteiger partial charge in [-0.15, -0.1) is 0 Å². The molecule has 0 aromatic carbocycles. The van der Waals surface area contributed by atoms with Crippen molar-refractivity contribution in [2.45, 2.75) is 19.4 Å². The molecule has 1 amide bonds. The molecule has 0 spiro atoms. The first-order valence-corrected chi connectivity index (χ1v) is 6.12. The molecule has 106 valence electrons. The number of aliphatic hydroxyl groups excluding tert-OH is 2. The van der Waals surface area contributed by atoms with E-state index in [0.717, 1.165) is 0 Å². The number of hydrogen-bond acceptors (Lipinski definition) is 4. The SMILES string of the molecule is Cc1nn(C)c(Cl)c1/C=C/C(=O)NC(C)(CO)CO. The summed E-state index contributed by atoms with van der Waals surface area (Å²) in [6, 6.07) is 0. The Morgan fingerprint density at radius 2 is 2.11 bits per heavy atom. The maximum absolute atomic E-state index is 11.7. The predicted molar refractivity (Wildman–Crippen MR) is 72.7 cm³/mol. The van der Waals surface area contributed by atoms with Crippen LogP contribution in [0.2, 0.25) is 5.15 Å². The van der Waals surface area contributed by atoms with Crippen molar-refractivity contribution in [3.05, 3.63) is 22.5 Å². The van der Waals surface area contributed by atoms with Crippen LogP contribution in [0.3, 0.4) is 0 Å². The van der Waals surface area contributed by atoms with Crippen LogP contribution in [0.15, 0.2) is 6.08 Å². The van der Waals surface area contributed by atoms with Gasteiger partial charge in [0.2, 0.25) is 5.91 Å². The quantitative estimate of drug-likeness (QED) is 0.678. The van der Waals surface area contributed by atoms with Gasteiger partial charge in [-0.05, 0) is 19.9 Å². The van der Waals surface area contributed by atoms with E-state index in [0.29, 0.717) is 16.4 Å². The number of amides is 1. The van der Waals surface area contributed by atoms with Crippen LogP contribution in [0.4, 0.5) is 0 Å². The number of aliphatic hydroxyl groups is 2. The molecular weight excluding hydrogens is 270 g/mol. The minimum atomic E-state index is -1.05. The molecular formula is C12H18ClN3O3. The van der Waals surface area contributed by atoms with Crippen LogP contribution in [0.1, 0.15) is 18.2 Å². The second kappa shape index (κ2) is 6.18. The van der Waals surface area contributed by atoms with Gasteiger partial charge in [-0.2, -0.15) is 5.10 Å². The van der Waals surface area contributed by atoms with E-state index in [1.54, 1.807) is 27.0 Å². The number of hydrogen-bond donors (Lipinski definition) is 3. The lowest BCUT2D eigenvalue weighted by Crippen LogP contribution is -2.51. The van der Waals surface area contributed by atoms with E-state index in [4.69, 9.17) is 21.8 Å². The fraction of sp³-hybridized carbons (Fsp3) is 0.500. The average molecular weight is 288 g/mol. The first-order chi connectivity index (χ1) is 8.83. The number of carbonyl (C=O) groups is 1. The summed E-state index contributed by atoms with van der Waals surface area (Å²) in [5.74, 6) is -0.426. The summed E-state index contributed by atoms with van der Waals surface area (Å²) in [6.45, 7) is 2.63. The van der Waals surface area contributed by atoms with E-state index < -0.39 is 11.4 Å². The third-order valence-corrected chi connectivity index (χ3v) is 3.17. The monoisotopic (exact) mass is 287 g/mol. The van der Waals surface area contributed by atoms with Gasteiger partial charge in [0.25, 0.3) is 0 Å². The molecule has 0 saturated heterocycles. The number of carbonyl (C=O) groups excluding carboxylic acids is 1. The number of aromatic nitrogens is 2. The van der Waals surface area contributed by atoms with E-state index >= 15 is 0 Å². The minimum absolute atomic E-state index is 0.351. The zero-order chi connectivity index (χ0) is 14.6. The number of rotatable bonds is 5. The molecule has 0 bridgehead atoms. The summed E-state index contributed by atoms with van der Waals surface area (Å²) in [5.41, 5.74) is 0.326. The number of nitrogens with one attached hydrogen (secondary N) is 1. The normalized spacial score (nSPS) is 12.1. The van der Waals surface area contributed by atoms with Crippen molar-refractivity contribution in [1.29, 1.82) is 0 Å². The standard InChI is InChI=1S/C12H18ClN3O3/c1-8-9(11(13)16(3)15-8)4-5-10(19)14-12(2,6-17)7-18/h4-5,17-18H,6-7H2,1-3H3,(H,14,19)/b5-4+. The van der Waals surface area contributed by atoms with Gasteiger partial charge in [-0.3, -0.25) is 9.48 Å². The smallest absolute Gasteiger partial charge is 0.244 e. The Balaban J connectivity index is 2.79. The fourth-order valence-electron chi connectivity index (χ4n) is 1.46. The highest BCUT2D eigenvalue weighted by Gasteiger charge is 2.23. The molecule has 0 aliphatic rings. The highest BCUT2D eigenvalue weighted by atomic mass is 35.5. The van der Waals surface area contributed by atoms with E-state index in [2.05, 4.69) is 10.4 Å². The predicted octanol–water partition coefficient (Wildman–Crippen LogP) is 0.255. The molecule has 6 nitrogen and oxygen atoms in total. The van der Waals surface area contributed by atoms with Gasteiger partial charge in [0.05, 0.1) is 24.4 Å². The lowest BCUT2D eigenvalue weighted by molar-refractivity contribution is -0.119. The van der Waals surface area contributed by atoms with Crippen molar-refractivity contribution in [2.24, 2.45) is 7.05 Å². The molecule has 7 heteroatoms. The topological polar surface area (TPSA) is 87.4 Å². The number of halogens is 1. The largest absolute Gasteiger partial charge is 0.394 e. The first kappa shape index (κ1) is 15.7. The lowest BCUT2D eigenvalue weighted by Gasteiger charge is -2.25. The Morgan fingerprint density at radius 3 is 2.53 bits per heavy atom. The summed E-state index contributed by atoms with van der Waals surface area (Å²) in [5, 5.41) is 25.2. The minimum Gasteiger partial charge on any atom is -0.394 e. The molecule has 1 aromatic heterocycles. The maximum atomic E-state index is 11.7. The Labute approximate surface area is 116 Å². The molecule has 3 N–H and O–H groups in total. The summed E-state index contributed by atoms with van der Waals surface area (Å²) >= 11 is 6.02. The zero-order valence-corrected chi connectivity index (χ0v) is 11.9. The molecule has 0 radical (unpaired) electrons. The van der Waals surface area contributed by atoms with Crippen LogP contribution in [-0.4, -0.2) is 44.7 Å². The van der Waals surface area contributed by atoms with Crippen molar-refractivity contribution in [1.82, 2.24) is 15.1 Å². The maximum Gasteiger partial charge on any atom is 0.244 e. The molecule has 1 heterocycles. The van der Waals surface area contributed by atoms with E-state index in [-0.39, 0.29) is 13.2 Å². The second-order valence-corrected chi connectivity index (χ2v) is 4.97. The third kappa shape index (κ3) is 3.79. The summed E-state index contributed by atoms with van der Waals surface area (Å²) in [7, 11) is 1.71. The molecule has 0 fully saturated rings. The van der Waals surface area contributed by atoms with Crippen LogP contribution >= 0.6 is 11.6 Å². The molecule has 0 aliphatic carbocycles. The van der Waals surface area contributed by atoms with Gasteiger partial charge < -0.3 is 15.5 Å². The van der Waals surface area contributed by atoms with Gasteiger partial charge in [-0.1, -0.05) is 11.6 Å². The molecule has 1 aromatic rings. The molecule has 0 aliphatic heterocycles. The highest BCUT2D eigenvalue weighted by Crippen LogP contribution is 2.19. The van der Waals surface area contributed by atoms with Gasteiger partial charge in [0.15, 0.2) is 0 Å².